The van der Waals surface area contributed by atoms with Gasteiger partial charge in [0, 0.05) is 47.7 Å². The molecule has 0 aliphatic carbocycles. The van der Waals surface area contributed by atoms with Gasteiger partial charge in [-0.3, -0.25) is 15.0 Å². The summed E-state index contributed by atoms with van der Waals surface area (Å²) in [5.41, 5.74) is 11.4. The van der Waals surface area contributed by atoms with Crippen LogP contribution in [0.15, 0.2) is 177 Å². The Hall–Kier alpha value is -6.45. The third kappa shape index (κ3) is 4.81. The topological polar surface area (TPSA) is 38.7 Å². The summed E-state index contributed by atoms with van der Waals surface area (Å²) in [6.07, 6.45) is 9.34. The zero-order valence-electron chi connectivity index (χ0n) is 26.1. The van der Waals surface area contributed by atoms with Crippen LogP contribution < -0.4 is 0 Å². The van der Waals surface area contributed by atoms with Crippen molar-refractivity contribution >= 4 is 32.3 Å². The molecule has 6 aromatic carbocycles. The minimum Gasteiger partial charge on any atom is -0.265 e. The van der Waals surface area contributed by atoms with Crippen molar-refractivity contribution in [2.75, 3.05) is 0 Å². The van der Waals surface area contributed by atoms with Crippen molar-refractivity contribution in [3.63, 3.8) is 0 Å². The van der Waals surface area contributed by atoms with E-state index in [0.717, 1.165) is 33.5 Å². The van der Waals surface area contributed by atoms with E-state index in [9.17, 15) is 0 Å². The lowest BCUT2D eigenvalue weighted by Crippen LogP contribution is -1.92. The van der Waals surface area contributed by atoms with Crippen molar-refractivity contribution in [3.05, 3.63) is 177 Å². The smallest absolute Gasteiger partial charge is 0.0708 e. The molecule has 224 valence electrons. The van der Waals surface area contributed by atoms with E-state index in [2.05, 4.69) is 137 Å². The molecule has 9 aromatic rings. The third-order valence-electron chi connectivity index (χ3n) is 9.28. The number of aromatic nitrogens is 3. The summed E-state index contributed by atoms with van der Waals surface area (Å²) in [4.78, 5) is 13.5. The molecule has 0 aliphatic rings. The molecule has 0 atom stereocenters. The maximum atomic E-state index is 4.75. The van der Waals surface area contributed by atoms with Crippen LogP contribution in [0.25, 0.3) is 88.1 Å². The molecular formula is C45H29N3. The lowest BCUT2D eigenvalue weighted by atomic mass is 9.84. The molecule has 3 aromatic heterocycles. The van der Waals surface area contributed by atoms with Crippen molar-refractivity contribution < 1.29 is 0 Å². The number of fused-ring (bicyclic) bond motifs is 3. The van der Waals surface area contributed by atoms with Gasteiger partial charge in [-0.25, -0.2) is 0 Å². The van der Waals surface area contributed by atoms with Crippen molar-refractivity contribution in [3.8, 4) is 55.8 Å². The van der Waals surface area contributed by atoms with E-state index in [0.29, 0.717) is 0 Å². The Labute approximate surface area is 278 Å². The van der Waals surface area contributed by atoms with Gasteiger partial charge in [-0.15, -0.1) is 0 Å². The second-order valence-corrected chi connectivity index (χ2v) is 12.1. The molecule has 0 radical (unpaired) electrons. The SMILES string of the molecule is c1ccc(-c2cc(-c3c4ccccc4c(-c4ccc(-c5cncc(-c6ccncc6)c5)cc4)c4ccccc34)cc3ccccc23)nc1. The Balaban J connectivity index is 1.23. The molecule has 0 spiro atoms. The number of rotatable bonds is 5. The van der Waals surface area contributed by atoms with Crippen LogP contribution in [0.1, 0.15) is 0 Å². The molecule has 0 unspecified atom stereocenters. The standard InChI is InChI=1S/C45H29N3/c1-2-10-37-33(9-1)25-34(27-42(37)43-15-7-8-22-48-43)45-40-13-5-3-11-38(40)44(39-12-4-6-14-41(39)45)32-18-16-30(17-19-32)35-26-36(29-47-28-35)31-20-23-46-24-21-31/h1-29H. The Morgan fingerprint density at radius 2 is 0.875 bits per heavy atom. The maximum absolute atomic E-state index is 4.75. The number of pyridine rings is 3. The number of nitrogens with zero attached hydrogens (tertiary/aromatic N) is 3. The quantitative estimate of drug-likeness (QED) is 0.182. The zero-order valence-corrected chi connectivity index (χ0v) is 26.1. The first-order valence-corrected chi connectivity index (χ1v) is 16.2. The molecular weight excluding hydrogens is 583 g/mol. The van der Waals surface area contributed by atoms with Crippen LogP contribution in [0.4, 0.5) is 0 Å². The summed E-state index contributed by atoms with van der Waals surface area (Å²) in [7, 11) is 0. The van der Waals surface area contributed by atoms with Gasteiger partial charge in [0.2, 0.25) is 0 Å². The van der Waals surface area contributed by atoms with Gasteiger partial charge >= 0.3 is 0 Å². The normalized spacial score (nSPS) is 11.3. The summed E-state index contributed by atoms with van der Waals surface area (Å²) in [5.74, 6) is 0. The first kappa shape index (κ1) is 27.8. The minimum atomic E-state index is 0.974. The molecule has 0 bridgehead atoms. The lowest BCUT2D eigenvalue weighted by molar-refractivity contribution is 1.30. The van der Waals surface area contributed by atoms with E-state index in [1.807, 2.05) is 49.2 Å². The summed E-state index contributed by atoms with van der Waals surface area (Å²) in [6, 6.07) is 52.2. The van der Waals surface area contributed by atoms with Crippen LogP contribution >= 0.6 is 0 Å². The molecule has 0 N–H and O–H groups in total. The Morgan fingerprint density at radius 1 is 0.333 bits per heavy atom. The van der Waals surface area contributed by atoms with Gasteiger partial charge in [0.1, 0.15) is 0 Å². The second-order valence-electron chi connectivity index (χ2n) is 12.1. The van der Waals surface area contributed by atoms with E-state index in [1.165, 1.54) is 54.6 Å². The highest BCUT2D eigenvalue weighted by molar-refractivity contribution is 6.22. The van der Waals surface area contributed by atoms with Gasteiger partial charge in [0.25, 0.3) is 0 Å². The van der Waals surface area contributed by atoms with Gasteiger partial charge in [-0.1, -0.05) is 103 Å². The van der Waals surface area contributed by atoms with E-state index >= 15 is 0 Å². The molecule has 0 aliphatic heterocycles. The molecule has 3 heterocycles. The van der Waals surface area contributed by atoms with Crippen molar-refractivity contribution in [2.45, 2.75) is 0 Å². The van der Waals surface area contributed by atoms with Crippen LogP contribution in [0.2, 0.25) is 0 Å². The molecule has 0 saturated carbocycles. The van der Waals surface area contributed by atoms with Gasteiger partial charge in [0.05, 0.1) is 5.69 Å². The van der Waals surface area contributed by atoms with Gasteiger partial charge in [-0.2, -0.15) is 0 Å². The predicted octanol–water partition coefficient (Wildman–Crippen LogP) is 11.7. The van der Waals surface area contributed by atoms with Gasteiger partial charge in [0.15, 0.2) is 0 Å². The van der Waals surface area contributed by atoms with E-state index < -0.39 is 0 Å². The maximum Gasteiger partial charge on any atom is 0.0708 e. The van der Waals surface area contributed by atoms with Crippen LogP contribution in [0.5, 0.6) is 0 Å². The van der Waals surface area contributed by atoms with Crippen molar-refractivity contribution in [1.29, 1.82) is 0 Å². The van der Waals surface area contributed by atoms with E-state index in [-0.39, 0.29) is 0 Å². The van der Waals surface area contributed by atoms with Crippen molar-refractivity contribution in [2.24, 2.45) is 0 Å². The van der Waals surface area contributed by atoms with Gasteiger partial charge in [-0.05, 0) is 108 Å². The molecule has 9 rings (SSSR count). The highest BCUT2D eigenvalue weighted by Gasteiger charge is 2.18. The first-order valence-electron chi connectivity index (χ1n) is 16.2. The fourth-order valence-electron chi connectivity index (χ4n) is 7.07. The van der Waals surface area contributed by atoms with Crippen LogP contribution in [0.3, 0.4) is 0 Å². The second kappa shape index (κ2) is 11.7. The van der Waals surface area contributed by atoms with Crippen LogP contribution in [-0.2, 0) is 0 Å². The Kier molecular flexibility index (Phi) is 6.80. The number of hydrogen-bond acceptors (Lipinski definition) is 3. The Bertz CT molecular complexity index is 2540. The Morgan fingerprint density at radius 3 is 1.50 bits per heavy atom. The van der Waals surface area contributed by atoms with Crippen LogP contribution in [0, 0.1) is 0 Å². The predicted molar refractivity (Wildman–Crippen MR) is 200 cm³/mol. The monoisotopic (exact) mass is 611 g/mol. The van der Waals surface area contributed by atoms with E-state index in [4.69, 9.17) is 4.98 Å². The zero-order chi connectivity index (χ0) is 31.9. The molecule has 48 heavy (non-hydrogen) atoms. The minimum absolute atomic E-state index is 0.974. The molecule has 0 fully saturated rings. The molecule has 3 heteroatoms. The van der Waals surface area contributed by atoms with Crippen molar-refractivity contribution in [1.82, 2.24) is 15.0 Å². The summed E-state index contributed by atoms with van der Waals surface area (Å²) >= 11 is 0. The average molecular weight is 612 g/mol. The summed E-state index contributed by atoms with van der Waals surface area (Å²) in [6.45, 7) is 0. The van der Waals surface area contributed by atoms with E-state index in [1.54, 1.807) is 0 Å². The molecule has 3 nitrogen and oxygen atoms in total. The average Bonchev–Trinajstić information content (AvgIpc) is 3.17. The highest BCUT2D eigenvalue weighted by Crippen LogP contribution is 2.45. The summed E-state index contributed by atoms with van der Waals surface area (Å²) in [5, 5.41) is 7.32. The third-order valence-corrected chi connectivity index (χ3v) is 9.28. The fraction of sp³-hybridized carbons (Fsp3) is 0. The first-order chi connectivity index (χ1) is 23.8. The largest absolute Gasteiger partial charge is 0.265 e. The number of benzene rings is 6. The summed E-state index contributed by atoms with van der Waals surface area (Å²) < 4.78 is 0. The van der Waals surface area contributed by atoms with Gasteiger partial charge < -0.3 is 0 Å². The lowest BCUT2D eigenvalue weighted by Gasteiger charge is -2.19. The molecule has 0 saturated heterocycles. The highest BCUT2D eigenvalue weighted by atomic mass is 14.7. The number of hydrogen-bond donors (Lipinski definition) is 0. The molecule has 0 amide bonds. The van der Waals surface area contributed by atoms with Crippen LogP contribution in [-0.4, -0.2) is 15.0 Å². The fourth-order valence-corrected chi connectivity index (χ4v) is 7.07.